The standard InChI is InChI=1S/C20H18N2.C13H14N2/c1-2-8-15(9-3-1)14-21-20-16-10-4-6-12-18(16)22-19-13-7-5-11-17(19)20;14-13-9-5-1-3-7-11(9)15-12-8-4-2-6-10(12)13/h1-4,6,8-10,12,14H,5,7,11,13H2;1,3,5,7H,2,4,6,8H2,(H2,14,15). The molecule has 37 heavy (non-hydrogen) atoms. The first-order chi connectivity index (χ1) is 18.3. The van der Waals surface area contributed by atoms with Gasteiger partial charge in [-0.2, -0.15) is 0 Å². The van der Waals surface area contributed by atoms with Gasteiger partial charge in [-0.1, -0.05) is 66.7 Å². The molecule has 2 N–H and O–H groups in total. The molecule has 0 unspecified atom stereocenters. The molecule has 5 aromatic rings. The van der Waals surface area contributed by atoms with Crippen molar-refractivity contribution in [2.75, 3.05) is 5.73 Å². The van der Waals surface area contributed by atoms with Crippen LogP contribution in [0.15, 0.2) is 83.9 Å². The number of aliphatic imine (C=N–C) groups is 1. The average molecular weight is 485 g/mol. The van der Waals surface area contributed by atoms with Crippen molar-refractivity contribution < 1.29 is 0 Å². The molecule has 3 aromatic carbocycles. The van der Waals surface area contributed by atoms with Gasteiger partial charge >= 0.3 is 0 Å². The Morgan fingerprint density at radius 3 is 1.86 bits per heavy atom. The maximum Gasteiger partial charge on any atom is 0.0774 e. The number of nitrogen functional groups attached to an aromatic ring is 1. The summed E-state index contributed by atoms with van der Waals surface area (Å²) >= 11 is 0. The van der Waals surface area contributed by atoms with Crippen molar-refractivity contribution in [3.8, 4) is 0 Å². The molecular weight excluding hydrogens is 452 g/mol. The van der Waals surface area contributed by atoms with E-state index in [1.807, 2.05) is 42.6 Å². The molecule has 0 bridgehead atoms. The van der Waals surface area contributed by atoms with E-state index in [-0.39, 0.29) is 0 Å². The van der Waals surface area contributed by atoms with Crippen LogP contribution in [0.1, 0.15) is 53.8 Å². The first-order valence-corrected chi connectivity index (χ1v) is 13.4. The van der Waals surface area contributed by atoms with Crippen molar-refractivity contribution in [2.45, 2.75) is 51.4 Å². The molecule has 2 aliphatic carbocycles. The van der Waals surface area contributed by atoms with E-state index in [1.165, 1.54) is 48.2 Å². The Bertz CT molecular complexity index is 1590. The fourth-order valence-corrected chi connectivity index (χ4v) is 5.58. The fraction of sp³-hybridized carbons (Fsp3) is 0.242. The Balaban J connectivity index is 0.000000146. The molecule has 0 spiro atoms. The van der Waals surface area contributed by atoms with E-state index in [0.29, 0.717) is 0 Å². The molecule has 0 saturated heterocycles. The van der Waals surface area contributed by atoms with Gasteiger partial charge in [-0.15, -0.1) is 0 Å². The molecular formula is C33H32N4. The molecule has 0 radical (unpaired) electrons. The van der Waals surface area contributed by atoms with Gasteiger partial charge in [0.1, 0.15) is 0 Å². The molecule has 7 rings (SSSR count). The minimum Gasteiger partial charge on any atom is -0.398 e. The van der Waals surface area contributed by atoms with Crippen LogP contribution in [0.2, 0.25) is 0 Å². The van der Waals surface area contributed by atoms with E-state index in [9.17, 15) is 0 Å². The topological polar surface area (TPSA) is 64.2 Å². The second-order valence-corrected chi connectivity index (χ2v) is 9.95. The molecule has 0 saturated carbocycles. The Morgan fingerprint density at radius 1 is 0.595 bits per heavy atom. The third kappa shape index (κ3) is 4.84. The largest absolute Gasteiger partial charge is 0.398 e. The van der Waals surface area contributed by atoms with Gasteiger partial charge in [0.15, 0.2) is 0 Å². The van der Waals surface area contributed by atoms with Gasteiger partial charge in [-0.05, 0) is 80.2 Å². The van der Waals surface area contributed by atoms with E-state index in [4.69, 9.17) is 20.7 Å². The van der Waals surface area contributed by atoms with Gasteiger partial charge in [-0.3, -0.25) is 15.0 Å². The van der Waals surface area contributed by atoms with Crippen LogP contribution in [0.25, 0.3) is 21.8 Å². The zero-order valence-electron chi connectivity index (χ0n) is 21.2. The predicted molar refractivity (Wildman–Crippen MR) is 155 cm³/mol. The summed E-state index contributed by atoms with van der Waals surface area (Å²) in [6, 6.07) is 26.8. The third-order valence-corrected chi connectivity index (χ3v) is 7.49. The molecule has 4 nitrogen and oxygen atoms in total. The van der Waals surface area contributed by atoms with Crippen LogP contribution >= 0.6 is 0 Å². The predicted octanol–water partition coefficient (Wildman–Crippen LogP) is 7.56. The van der Waals surface area contributed by atoms with Crippen molar-refractivity contribution in [3.63, 3.8) is 0 Å². The Kier molecular flexibility index (Phi) is 6.64. The summed E-state index contributed by atoms with van der Waals surface area (Å²) in [4.78, 5) is 14.4. The number of para-hydroxylation sites is 2. The Hall–Kier alpha value is -4.05. The molecule has 2 heterocycles. The second kappa shape index (κ2) is 10.5. The lowest BCUT2D eigenvalue weighted by Crippen LogP contribution is -2.09. The minimum atomic E-state index is 0.954. The molecule has 0 amide bonds. The zero-order chi connectivity index (χ0) is 25.0. The van der Waals surface area contributed by atoms with Gasteiger partial charge in [0, 0.05) is 34.1 Å². The van der Waals surface area contributed by atoms with E-state index in [0.717, 1.165) is 64.4 Å². The molecule has 184 valence electrons. The summed E-state index contributed by atoms with van der Waals surface area (Å²) in [6.45, 7) is 0. The number of pyridine rings is 2. The lowest BCUT2D eigenvalue weighted by atomic mass is 9.93. The van der Waals surface area contributed by atoms with Gasteiger partial charge in [-0.25, -0.2) is 0 Å². The van der Waals surface area contributed by atoms with Gasteiger partial charge < -0.3 is 5.73 Å². The van der Waals surface area contributed by atoms with E-state index < -0.39 is 0 Å². The van der Waals surface area contributed by atoms with Crippen LogP contribution in [0, 0.1) is 0 Å². The lowest BCUT2D eigenvalue weighted by molar-refractivity contribution is 0.672. The minimum absolute atomic E-state index is 0.954. The highest BCUT2D eigenvalue weighted by Crippen LogP contribution is 2.35. The quantitative estimate of drug-likeness (QED) is 0.263. The lowest BCUT2D eigenvalue weighted by Gasteiger charge is -2.18. The molecule has 4 heteroatoms. The maximum atomic E-state index is 6.20. The van der Waals surface area contributed by atoms with Crippen LogP contribution in [0.3, 0.4) is 0 Å². The monoisotopic (exact) mass is 484 g/mol. The number of nitrogens with zero attached hydrogens (tertiary/aromatic N) is 3. The normalized spacial score (nSPS) is 14.7. The fourth-order valence-electron chi connectivity index (χ4n) is 5.58. The van der Waals surface area contributed by atoms with Crippen LogP contribution in [-0.2, 0) is 25.7 Å². The molecule has 0 aliphatic heterocycles. The van der Waals surface area contributed by atoms with Crippen molar-refractivity contribution >= 4 is 39.4 Å². The average Bonchev–Trinajstić information content (AvgIpc) is 2.96. The number of hydrogen-bond acceptors (Lipinski definition) is 4. The first kappa shape index (κ1) is 23.4. The van der Waals surface area contributed by atoms with Crippen LogP contribution in [0.5, 0.6) is 0 Å². The van der Waals surface area contributed by atoms with Crippen molar-refractivity contribution in [3.05, 3.63) is 107 Å². The Labute approximate surface area is 218 Å². The van der Waals surface area contributed by atoms with Crippen LogP contribution < -0.4 is 5.73 Å². The second-order valence-electron chi connectivity index (χ2n) is 9.95. The van der Waals surface area contributed by atoms with E-state index in [2.05, 4.69) is 42.5 Å². The van der Waals surface area contributed by atoms with Crippen LogP contribution in [-0.4, -0.2) is 16.2 Å². The highest BCUT2D eigenvalue weighted by molar-refractivity contribution is 5.95. The number of anilines is 1. The zero-order valence-corrected chi connectivity index (χ0v) is 21.2. The number of hydrogen-bond donors (Lipinski definition) is 1. The highest BCUT2D eigenvalue weighted by atomic mass is 14.8. The number of benzene rings is 3. The third-order valence-electron chi connectivity index (χ3n) is 7.49. The van der Waals surface area contributed by atoms with Crippen molar-refractivity contribution in [1.29, 1.82) is 0 Å². The maximum absolute atomic E-state index is 6.20. The van der Waals surface area contributed by atoms with Gasteiger partial charge in [0.2, 0.25) is 0 Å². The molecule has 2 aliphatic rings. The summed E-state index contributed by atoms with van der Waals surface area (Å²) in [5.41, 5.74) is 16.6. The van der Waals surface area contributed by atoms with E-state index in [1.54, 1.807) is 0 Å². The van der Waals surface area contributed by atoms with Gasteiger partial charge in [0.05, 0.1) is 16.7 Å². The summed E-state index contributed by atoms with van der Waals surface area (Å²) in [5.74, 6) is 0. The molecule has 0 fully saturated rings. The SMILES string of the molecule is C(=Nc1c2c(nc3ccccc13)CCCC2)c1ccccc1.Nc1c2c(nc3ccccc13)CCCC2. The summed E-state index contributed by atoms with van der Waals surface area (Å²) in [6.07, 6.45) is 11.3. The molecule has 0 atom stereocenters. The first-order valence-electron chi connectivity index (χ1n) is 13.4. The van der Waals surface area contributed by atoms with Gasteiger partial charge in [0.25, 0.3) is 0 Å². The number of rotatable bonds is 2. The number of aromatic nitrogens is 2. The summed E-state index contributed by atoms with van der Waals surface area (Å²) in [7, 11) is 0. The van der Waals surface area contributed by atoms with E-state index >= 15 is 0 Å². The smallest absolute Gasteiger partial charge is 0.0774 e. The Morgan fingerprint density at radius 2 is 1.14 bits per heavy atom. The van der Waals surface area contributed by atoms with Crippen molar-refractivity contribution in [1.82, 2.24) is 9.97 Å². The molecule has 2 aromatic heterocycles. The van der Waals surface area contributed by atoms with Crippen molar-refractivity contribution in [2.24, 2.45) is 4.99 Å². The highest BCUT2D eigenvalue weighted by Gasteiger charge is 2.18. The number of nitrogens with two attached hydrogens (primary N) is 1. The number of fused-ring (bicyclic) bond motifs is 4. The summed E-state index contributed by atoms with van der Waals surface area (Å²) in [5, 5.41) is 2.27. The number of aryl methyl sites for hydroxylation is 2. The van der Waals surface area contributed by atoms with Crippen LogP contribution in [0.4, 0.5) is 11.4 Å². The summed E-state index contributed by atoms with van der Waals surface area (Å²) < 4.78 is 0.